The predicted octanol–water partition coefficient (Wildman–Crippen LogP) is 2.46. The molecule has 0 radical (unpaired) electrons. The number of cyclic esters (lactones) is 1. The maximum atomic E-state index is 11.4. The summed E-state index contributed by atoms with van der Waals surface area (Å²) in [4.78, 5) is 11.4. The van der Waals surface area contributed by atoms with Gasteiger partial charge in [0.05, 0.1) is 6.42 Å². The van der Waals surface area contributed by atoms with E-state index in [1.807, 2.05) is 13.8 Å². The van der Waals surface area contributed by atoms with E-state index in [1.54, 1.807) is 0 Å². The van der Waals surface area contributed by atoms with Crippen LogP contribution in [0.3, 0.4) is 0 Å². The second-order valence-electron chi connectivity index (χ2n) is 4.72. The van der Waals surface area contributed by atoms with Crippen LogP contribution in [-0.4, -0.2) is 26.2 Å². The minimum absolute atomic E-state index is 0.277. The average molecular weight is 283 g/mol. The Morgan fingerprint density at radius 3 is 2.29 bits per heavy atom. The molecule has 0 bridgehead atoms. The van der Waals surface area contributed by atoms with Crippen molar-refractivity contribution in [3.8, 4) is 0 Å². The Labute approximate surface area is 107 Å². The molecular formula is C11H19ClO4S. The van der Waals surface area contributed by atoms with Gasteiger partial charge in [0.2, 0.25) is 9.05 Å². The number of rotatable bonds is 6. The Bertz CT molecular complexity index is 371. The molecule has 0 amide bonds. The fraction of sp³-hybridized carbons (Fsp3) is 0.909. The predicted molar refractivity (Wildman–Crippen MR) is 66.4 cm³/mol. The van der Waals surface area contributed by atoms with Crippen molar-refractivity contribution in [2.24, 2.45) is 5.41 Å². The zero-order valence-corrected chi connectivity index (χ0v) is 11.8. The molecule has 0 spiro atoms. The third kappa shape index (κ3) is 3.85. The van der Waals surface area contributed by atoms with E-state index in [1.165, 1.54) is 0 Å². The van der Waals surface area contributed by atoms with Gasteiger partial charge in [0.1, 0.15) is 11.9 Å². The molecule has 0 N–H and O–H groups in total. The van der Waals surface area contributed by atoms with E-state index in [0.717, 1.165) is 25.7 Å². The zero-order chi connectivity index (χ0) is 13.1. The second kappa shape index (κ2) is 5.57. The summed E-state index contributed by atoms with van der Waals surface area (Å²) in [5.74, 6) is -0.586. The Morgan fingerprint density at radius 1 is 1.35 bits per heavy atom. The lowest BCUT2D eigenvalue weighted by atomic mass is 9.74. The first-order chi connectivity index (χ1) is 7.83. The molecule has 6 heteroatoms. The summed E-state index contributed by atoms with van der Waals surface area (Å²) in [5, 5.41) is 0. The average Bonchev–Trinajstić information content (AvgIpc) is 2.41. The van der Waals surface area contributed by atoms with E-state index < -0.39 is 15.2 Å². The van der Waals surface area contributed by atoms with E-state index in [4.69, 9.17) is 15.4 Å². The first-order valence-electron chi connectivity index (χ1n) is 5.95. The van der Waals surface area contributed by atoms with Crippen LogP contribution in [0.4, 0.5) is 0 Å². The highest BCUT2D eigenvalue weighted by molar-refractivity contribution is 8.13. The smallest absolute Gasteiger partial charge is 0.306 e. The highest BCUT2D eigenvalue weighted by Crippen LogP contribution is 2.44. The fourth-order valence-electron chi connectivity index (χ4n) is 2.74. The van der Waals surface area contributed by atoms with Gasteiger partial charge in [-0.25, -0.2) is 8.42 Å². The number of hydrogen-bond donors (Lipinski definition) is 0. The topological polar surface area (TPSA) is 60.4 Å². The van der Waals surface area contributed by atoms with Gasteiger partial charge in [0.15, 0.2) is 0 Å². The molecule has 1 heterocycles. The molecule has 0 saturated carbocycles. The summed E-state index contributed by atoms with van der Waals surface area (Å²) < 4.78 is 27.5. The van der Waals surface area contributed by atoms with Crippen LogP contribution in [0.5, 0.6) is 0 Å². The number of halogens is 1. The van der Waals surface area contributed by atoms with Gasteiger partial charge in [0.25, 0.3) is 0 Å². The van der Waals surface area contributed by atoms with Crippen LogP contribution in [0, 0.1) is 5.41 Å². The van der Waals surface area contributed by atoms with Crippen LogP contribution in [0.15, 0.2) is 0 Å². The molecule has 1 aliphatic heterocycles. The summed E-state index contributed by atoms with van der Waals surface area (Å²) >= 11 is 0. The van der Waals surface area contributed by atoms with Gasteiger partial charge in [-0.1, -0.05) is 26.7 Å². The number of carbonyl (C=O) groups excluding carboxylic acids is 1. The van der Waals surface area contributed by atoms with Crippen molar-refractivity contribution in [1.82, 2.24) is 0 Å². The molecule has 1 fully saturated rings. The number of esters is 1. The van der Waals surface area contributed by atoms with Gasteiger partial charge >= 0.3 is 5.97 Å². The van der Waals surface area contributed by atoms with Crippen molar-refractivity contribution >= 4 is 25.7 Å². The quantitative estimate of drug-likeness (QED) is 0.555. The third-order valence-electron chi connectivity index (χ3n) is 3.30. The molecule has 4 nitrogen and oxygen atoms in total. The van der Waals surface area contributed by atoms with Crippen LogP contribution in [0.25, 0.3) is 0 Å². The molecule has 1 saturated heterocycles. The van der Waals surface area contributed by atoms with Gasteiger partial charge in [-0.2, -0.15) is 0 Å². The summed E-state index contributed by atoms with van der Waals surface area (Å²) in [7, 11) is 1.63. The first kappa shape index (κ1) is 14.8. The molecule has 1 unspecified atom stereocenters. The minimum Gasteiger partial charge on any atom is -0.461 e. The lowest BCUT2D eigenvalue weighted by molar-refractivity contribution is -0.141. The van der Waals surface area contributed by atoms with Crippen molar-refractivity contribution in [3.05, 3.63) is 0 Å². The normalized spacial score (nSPS) is 23.7. The molecule has 1 rings (SSSR count). The van der Waals surface area contributed by atoms with Crippen molar-refractivity contribution in [1.29, 1.82) is 0 Å². The Balaban J connectivity index is 2.93. The maximum Gasteiger partial charge on any atom is 0.306 e. The summed E-state index contributed by atoms with van der Waals surface area (Å²) in [6.45, 7) is 4.04. The molecule has 1 aliphatic rings. The van der Waals surface area contributed by atoms with Crippen molar-refractivity contribution in [3.63, 3.8) is 0 Å². The van der Waals surface area contributed by atoms with Gasteiger partial charge in [-0.15, -0.1) is 0 Å². The molecule has 0 aliphatic carbocycles. The largest absolute Gasteiger partial charge is 0.461 e. The van der Waals surface area contributed by atoms with Crippen LogP contribution in [-0.2, 0) is 18.6 Å². The fourth-order valence-corrected chi connectivity index (χ4v) is 3.86. The zero-order valence-electron chi connectivity index (χ0n) is 10.2. The number of ether oxygens (including phenoxy) is 1. The van der Waals surface area contributed by atoms with Gasteiger partial charge in [-0.05, 0) is 12.8 Å². The van der Waals surface area contributed by atoms with Crippen molar-refractivity contribution in [2.45, 2.75) is 52.1 Å². The number of hydrogen-bond acceptors (Lipinski definition) is 4. The Kier molecular flexibility index (Phi) is 4.84. The molecule has 1 atom stereocenters. The lowest BCUT2D eigenvalue weighted by Crippen LogP contribution is -2.35. The monoisotopic (exact) mass is 282 g/mol. The van der Waals surface area contributed by atoms with E-state index in [0.29, 0.717) is 6.42 Å². The molecule has 17 heavy (non-hydrogen) atoms. The Hall–Kier alpha value is -0.290. The molecule has 0 aromatic carbocycles. The minimum atomic E-state index is -3.64. The summed E-state index contributed by atoms with van der Waals surface area (Å²) in [5.41, 5.74) is -0.345. The van der Waals surface area contributed by atoms with E-state index in [-0.39, 0.29) is 17.1 Å². The van der Waals surface area contributed by atoms with Crippen molar-refractivity contribution in [2.75, 3.05) is 5.75 Å². The van der Waals surface area contributed by atoms with Crippen LogP contribution >= 0.6 is 10.7 Å². The van der Waals surface area contributed by atoms with E-state index >= 15 is 0 Å². The van der Waals surface area contributed by atoms with E-state index in [9.17, 15) is 13.2 Å². The third-order valence-corrected chi connectivity index (χ3v) is 4.38. The van der Waals surface area contributed by atoms with Crippen molar-refractivity contribution < 1.29 is 17.9 Å². The van der Waals surface area contributed by atoms with Gasteiger partial charge in [-0.3, -0.25) is 4.79 Å². The molecular weight excluding hydrogens is 264 g/mol. The molecule has 0 aromatic rings. The maximum absolute atomic E-state index is 11.4. The van der Waals surface area contributed by atoms with Crippen LogP contribution in [0.2, 0.25) is 0 Å². The highest BCUT2D eigenvalue weighted by atomic mass is 35.7. The second-order valence-corrected chi connectivity index (χ2v) is 7.54. The van der Waals surface area contributed by atoms with Crippen LogP contribution < -0.4 is 0 Å². The first-order valence-corrected chi connectivity index (χ1v) is 8.42. The number of carbonyl (C=O) groups is 1. The Morgan fingerprint density at radius 2 is 1.88 bits per heavy atom. The SMILES string of the molecule is CCCC1(CCC)CC(=O)OC1CS(=O)(=O)Cl. The standard InChI is InChI=1S/C11H19ClO4S/c1-3-5-11(6-4-2)7-10(13)16-9(11)8-17(12,14)15/h9H,3-8H2,1-2H3. The van der Waals surface area contributed by atoms with E-state index in [2.05, 4.69) is 0 Å². The highest BCUT2D eigenvalue weighted by Gasteiger charge is 2.49. The summed E-state index contributed by atoms with van der Waals surface area (Å²) in [6, 6.07) is 0. The lowest BCUT2D eigenvalue weighted by Gasteiger charge is -2.31. The summed E-state index contributed by atoms with van der Waals surface area (Å²) in [6.07, 6.45) is 3.11. The van der Waals surface area contributed by atoms with Gasteiger partial charge in [0, 0.05) is 16.1 Å². The molecule has 100 valence electrons. The van der Waals surface area contributed by atoms with Gasteiger partial charge < -0.3 is 4.74 Å². The molecule has 0 aromatic heterocycles. The van der Waals surface area contributed by atoms with Crippen LogP contribution in [0.1, 0.15) is 46.0 Å².